The van der Waals surface area contributed by atoms with Crippen LogP contribution in [0.15, 0.2) is 59.2 Å². The van der Waals surface area contributed by atoms with Crippen LogP contribution in [0.25, 0.3) is 10.9 Å². The molecule has 2 nitrogen and oxygen atoms in total. The number of carbonyl (C=O) groups excluding carboxylic acids is 1. The van der Waals surface area contributed by atoms with Gasteiger partial charge in [-0.2, -0.15) is 0 Å². The van der Waals surface area contributed by atoms with Gasteiger partial charge < -0.3 is 4.57 Å². The number of hydrogen-bond donors (Lipinski definition) is 0. The molecule has 0 radical (unpaired) electrons. The Balaban J connectivity index is 1.98. The van der Waals surface area contributed by atoms with E-state index in [0.29, 0.717) is 10.6 Å². The summed E-state index contributed by atoms with van der Waals surface area (Å²) in [4.78, 5) is 12.4. The van der Waals surface area contributed by atoms with Crippen molar-refractivity contribution < 1.29 is 4.79 Å². The van der Waals surface area contributed by atoms with Crippen LogP contribution in [0.1, 0.15) is 10.4 Å². The molecule has 0 aliphatic heterocycles. The third-order valence-electron chi connectivity index (χ3n) is 3.23. The van der Waals surface area contributed by atoms with E-state index < -0.39 is 0 Å². The van der Waals surface area contributed by atoms with E-state index in [1.807, 2.05) is 59.3 Å². The van der Waals surface area contributed by atoms with Crippen molar-refractivity contribution in [2.45, 2.75) is 6.54 Å². The number of nitrogens with zero attached hydrogens (tertiary/aromatic N) is 1. The van der Waals surface area contributed by atoms with Crippen molar-refractivity contribution in [3.63, 3.8) is 0 Å². The van der Waals surface area contributed by atoms with Gasteiger partial charge in [-0.15, -0.1) is 0 Å². The Hall–Kier alpha value is -1.58. The standard InChI is InChI=1S/C16H11BrClNO/c17-13-6-2-1-5-12(13)15(20)10-19-9-8-11-4-3-7-14(18)16(11)19/h1-9H,10H2. The molecule has 2 aromatic carbocycles. The van der Waals surface area contributed by atoms with E-state index in [-0.39, 0.29) is 12.3 Å². The first kappa shape index (κ1) is 13.4. The van der Waals surface area contributed by atoms with Crippen LogP contribution in [0.5, 0.6) is 0 Å². The SMILES string of the molecule is O=C(Cn1ccc2cccc(Cl)c21)c1ccccc1Br. The highest BCUT2D eigenvalue weighted by Gasteiger charge is 2.12. The van der Waals surface area contributed by atoms with Crippen LogP contribution in [0.4, 0.5) is 0 Å². The van der Waals surface area contributed by atoms with Crippen molar-refractivity contribution in [3.05, 3.63) is 69.8 Å². The normalized spacial score (nSPS) is 10.9. The molecular formula is C16H11BrClNO. The fourth-order valence-corrected chi connectivity index (χ4v) is 3.07. The molecule has 20 heavy (non-hydrogen) atoms. The molecule has 3 aromatic rings. The highest BCUT2D eigenvalue weighted by atomic mass is 79.9. The molecule has 0 bridgehead atoms. The van der Waals surface area contributed by atoms with Crippen molar-refractivity contribution >= 4 is 44.2 Å². The van der Waals surface area contributed by atoms with E-state index in [9.17, 15) is 4.79 Å². The van der Waals surface area contributed by atoms with Crippen molar-refractivity contribution in [2.24, 2.45) is 0 Å². The second-order valence-electron chi connectivity index (χ2n) is 4.52. The van der Waals surface area contributed by atoms with Gasteiger partial charge in [-0.3, -0.25) is 4.79 Å². The average Bonchev–Trinajstić information content (AvgIpc) is 2.84. The zero-order chi connectivity index (χ0) is 14.1. The van der Waals surface area contributed by atoms with Gasteiger partial charge in [-0.05, 0) is 18.2 Å². The number of benzene rings is 2. The summed E-state index contributed by atoms with van der Waals surface area (Å²) in [5.41, 5.74) is 1.58. The number of aromatic nitrogens is 1. The van der Waals surface area contributed by atoms with Crippen molar-refractivity contribution in [1.29, 1.82) is 0 Å². The molecular weight excluding hydrogens is 338 g/mol. The Kier molecular flexibility index (Phi) is 3.64. The van der Waals surface area contributed by atoms with Gasteiger partial charge in [0.2, 0.25) is 0 Å². The van der Waals surface area contributed by atoms with Gasteiger partial charge in [0.05, 0.1) is 17.1 Å². The van der Waals surface area contributed by atoms with Gasteiger partial charge in [-0.25, -0.2) is 0 Å². The van der Waals surface area contributed by atoms with Crippen molar-refractivity contribution in [1.82, 2.24) is 4.57 Å². The number of halogens is 2. The molecule has 0 amide bonds. The Bertz CT molecular complexity index is 794. The molecule has 0 fully saturated rings. The zero-order valence-electron chi connectivity index (χ0n) is 10.5. The molecule has 1 aromatic heterocycles. The molecule has 0 aliphatic carbocycles. The summed E-state index contributed by atoms with van der Waals surface area (Å²) in [6.45, 7) is 0.274. The van der Waals surface area contributed by atoms with Gasteiger partial charge in [-0.1, -0.05) is 57.9 Å². The van der Waals surface area contributed by atoms with Gasteiger partial charge in [0.1, 0.15) is 0 Å². The zero-order valence-corrected chi connectivity index (χ0v) is 12.9. The number of Topliss-reactive ketones (excluding diaryl/α,β-unsaturated/α-hetero) is 1. The first-order valence-electron chi connectivity index (χ1n) is 6.18. The molecule has 0 unspecified atom stereocenters. The topological polar surface area (TPSA) is 22.0 Å². The fourth-order valence-electron chi connectivity index (χ4n) is 2.27. The second kappa shape index (κ2) is 5.43. The minimum Gasteiger partial charge on any atom is -0.338 e. The van der Waals surface area contributed by atoms with Gasteiger partial charge in [0, 0.05) is 21.6 Å². The van der Waals surface area contributed by atoms with Gasteiger partial charge in [0.15, 0.2) is 5.78 Å². The van der Waals surface area contributed by atoms with E-state index >= 15 is 0 Å². The van der Waals surface area contributed by atoms with Crippen LogP contribution in [0.2, 0.25) is 5.02 Å². The van der Waals surface area contributed by atoms with Crippen LogP contribution in [-0.4, -0.2) is 10.4 Å². The number of carbonyl (C=O) groups is 1. The lowest BCUT2D eigenvalue weighted by atomic mass is 10.1. The number of hydrogen-bond acceptors (Lipinski definition) is 1. The molecule has 0 spiro atoms. The Morgan fingerprint density at radius 3 is 2.70 bits per heavy atom. The highest BCUT2D eigenvalue weighted by molar-refractivity contribution is 9.10. The summed E-state index contributed by atoms with van der Waals surface area (Å²) in [6.07, 6.45) is 1.89. The smallest absolute Gasteiger partial charge is 0.183 e. The van der Waals surface area contributed by atoms with Crippen LogP contribution in [0.3, 0.4) is 0 Å². The molecule has 0 N–H and O–H groups in total. The third kappa shape index (κ3) is 2.39. The molecule has 0 saturated carbocycles. The summed E-state index contributed by atoms with van der Waals surface area (Å²) in [5.74, 6) is 0.0508. The predicted octanol–water partition coefficient (Wildman–Crippen LogP) is 4.94. The van der Waals surface area contributed by atoms with E-state index in [1.54, 1.807) is 0 Å². The van der Waals surface area contributed by atoms with E-state index in [1.165, 1.54) is 0 Å². The molecule has 0 saturated heterocycles. The molecule has 0 atom stereocenters. The highest BCUT2D eigenvalue weighted by Crippen LogP contribution is 2.25. The average molecular weight is 349 g/mol. The van der Waals surface area contributed by atoms with Crippen molar-refractivity contribution in [3.8, 4) is 0 Å². The maximum atomic E-state index is 12.4. The number of para-hydroxylation sites is 1. The minimum atomic E-state index is 0.0508. The first-order valence-corrected chi connectivity index (χ1v) is 7.35. The van der Waals surface area contributed by atoms with E-state index in [2.05, 4.69) is 15.9 Å². The Morgan fingerprint density at radius 2 is 1.90 bits per heavy atom. The lowest BCUT2D eigenvalue weighted by Crippen LogP contribution is -2.10. The lowest BCUT2D eigenvalue weighted by Gasteiger charge is -2.07. The lowest BCUT2D eigenvalue weighted by molar-refractivity contribution is 0.0973. The maximum Gasteiger partial charge on any atom is 0.183 e. The van der Waals surface area contributed by atoms with Crippen LogP contribution >= 0.6 is 27.5 Å². The molecule has 100 valence electrons. The van der Waals surface area contributed by atoms with E-state index in [4.69, 9.17) is 11.6 Å². The number of rotatable bonds is 3. The Morgan fingerprint density at radius 1 is 1.10 bits per heavy atom. The summed E-state index contributed by atoms with van der Waals surface area (Å²) in [7, 11) is 0. The van der Waals surface area contributed by atoms with E-state index in [0.717, 1.165) is 15.4 Å². The molecule has 3 rings (SSSR count). The first-order chi connectivity index (χ1) is 9.66. The third-order valence-corrected chi connectivity index (χ3v) is 4.22. The summed E-state index contributed by atoms with van der Waals surface area (Å²) in [5, 5.41) is 1.70. The monoisotopic (exact) mass is 347 g/mol. The largest absolute Gasteiger partial charge is 0.338 e. The summed E-state index contributed by atoms with van der Waals surface area (Å²) in [6, 6.07) is 15.1. The van der Waals surface area contributed by atoms with Gasteiger partial charge in [0.25, 0.3) is 0 Å². The number of ketones is 1. The fraction of sp³-hybridized carbons (Fsp3) is 0.0625. The van der Waals surface area contributed by atoms with Gasteiger partial charge >= 0.3 is 0 Å². The number of fused-ring (bicyclic) bond motifs is 1. The predicted molar refractivity (Wildman–Crippen MR) is 85.4 cm³/mol. The molecule has 0 aliphatic rings. The van der Waals surface area contributed by atoms with Crippen molar-refractivity contribution in [2.75, 3.05) is 0 Å². The second-order valence-corrected chi connectivity index (χ2v) is 5.79. The molecule has 4 heteroatoms. The Labute approximate surface area is 130 Å². The van der Waals surface area contributed by atoms with Crippen LogP contribution < -0.4 is 0 Å². The minimum absolute atomic E-state index is 0.0508. The molecule has 1 heterocycles. The van der Waals surface area contributed by atoms with Crippen LogP contribution in [0, 0.1) is 0 Å². The summed E-state index contributed by atoms with van der Waals surface area (Å²) >= 11 is 9.63. The maximum absolute atomic E-state index is 12.4. The quantitative estimate of drug-likeness (QED) is 0.614. The van der Waals surface area contributed by atoms with Crippen LogP contribution in [-0.2, 0) is 6.54 Å². The summed E-state index contributed by atoms with van der Waals surface area (Å²) < 4.78 is 2.70.